The average Bonchev–Trinajstić information content (AvgIpc) is 2.57. The van der Waals surface area contributed by atoms with Crippen LogP contribution in [0.25, 0.3) is 0 Å². The fourth-order valence-corrected chi connectivity index (χ4v) is 3.01. The van der Waals surface area contributed by atoms with Gasteiger partial charge in [-0.3, -0.25) is 9.59 Å². The van der Waals surface area contributed by atoms with Crippen molar-refractivity contribution in [1.82, 2.24) is 10.2 Å². The lowest BCUT2D eigenvalue weighted by Crippen LogP contribution is -2.41. The van der Waals surface area contributed by atoms with Crippen LogP contribution in [0.15, 0.2) is 28.7 Å². The first-order valence-corrected chi connectivity index (χ1v) is 8.88. The highest BCUT2D eigenvalue weighted by Crippen LogP contribution is 2.21. The van der Waals surface area contributed by atoms with E-state index in [4.69, 9.17) is 0 Å². The van der Waals surface area contributed by atoms with Gasteiger partial charge in [-0.15, -0.1) is 0 Å². The van der Waals surface area contributed by atoms with Gasteiger partial charge in [0, 0.05) is 35.6 Å². The van der Waals surface area contributed by atoms with Crippen molar-refractivity contribution in [3.63, 3.8) is 0 Å². The molecule has 1 aromatic carbocycles. The molecule has 23 heavy (non-hydrogen) atoms. The highest BCUT2D eigenvalue weighted by molar-refractivity contribution is 9.10. The summed E-state index contributed by atoms with van der Waals surface area (Å²) in [5, 5.41) is 6.00. The van der Waals surface area contributed by atoms with Crippen LogP contribution in [-0.4, -0.2) is 43.4 Å². The molecule has 2 amide bonds. The molecule has 2 rings (SSSR count). The van der Waals surface area contributed by atoms with Crippen LogP contribution in [0.1, 0.15) is 25.7 Å². The van der Waals surface area contributed by atoms with E-state index in [0.29, 0.717) is 19.5 Å². The Bertz CT molecular complexity index is 525. The Morgan fingerprint density at radius 3 is 2.48 bits per heavy atom. The summed E-state index contributed by atoms with van der Waals surface area (Å²) < 4.78 is 0.987. The average molecular weight is 382 g/mol. The minimum atomic E-state index is -0.0139. The standard InChI is InChI=1S/C17H24BrN3O2/c1-19-10-2-3-16(22)21-11-8-13(9-12-21)17(23)20-15-6-4-14(18)5-7-15/h4-7,13,19H,2-3,8-12H2,1H3,(H,20,23). The van der Waals surface area contributed by atoms with Crippen LogP contribution < -0.4 is 10.6 Å². The van der Waals surface area contributed by atoms with Gasteiger partial charge in [0.2, 0.25) is 11.8 Å². The van der Waals surface area contributed by atoms with Crippen molar-refractivity contribution in [2.75, 3.05) is 32.0 Å². The van der Waals surface area contributed by atoms with Crippen molar-refractivity contribution in [2.24, 2.45) is 5.92 Å². The third-order valence-corrected chi connectivity index (χ3v) is 4.68. The monoisotopic (exact) mass is 381 g/mol. The number of piperidine rings is 1. The lowest BCUT2D eigenvalue weighted by atomic mass is 9.95. The summed E-state index contributed by atoms with van der Waals surface area (Å²) in [5.41, 5.74) is 0.809. The fraction of sp³-hybridized carbons (Fsp3) is 0.529. The van der Waals surface area contributed by atoms with Gasteiger partial charge in [-0.05, 0) is 57.1 Å². The molecule has 2 N–H and O–H groups in total. The minimum Gasteiger partial charge on any atom is -0.343 e. The summed E-state index contributed by atoms with van der Waals surface area (Å²) in [4.78, 5) is 26.3. The number of nitrogens with one attached hydrogen (secondary N) is 2. The van der Waals surface area contributed by atoms with E-state index in [1.165, 1.54) is 0 Å². The second kappa shape index (κ2) is 9.03. The first-order valence-electron chi connectivity index (χ1n) is 8.09. The van der Waals surface area contributed by atoms with Crippen molar-refractivity contribution in [1.29, 1.82) is 0 Å². The van der Waals surface area contributed by atoms with Crippen LogP contribution in [0.2, 0.25) is 0 Å². The maximum Gasteiger partial charge on any atom is 0.227 e. The summed E-state index contributed by atoms with van der Waals surface area (Å²) >= 11 is 3.38. The highest BCUT2D eigenvalue weighted by Gasteiger charge is 2.27. The number of anilines is 1. The first kappa shape index (κ1) is 17.9. The summed E-state index contributed by atoms with van der Waals surface area (Å²) in [6.07, 6.45) is 2.91. The number of amides is 2. The molecule has 1 aliphatic rings. The SMILES string of the molecule is CNCCCC(=O)N1CCC(C(=O)Nc2ccc(Br)cc2)CC1. The van der Waals surface area contributed by atoms with Gasteiger partial charge in [-0.1, -0.05) is 15.9 Å². The van der Waals surface area contributed by atoms with Crippen molar-refractivity contribution >= 4 is 33.4 Å². The van der Waals surface area contributed by atoms with E-state index < -0.39 is 0 Å². The molecule has 0 aromatic heterocycles. The number of halogens is 1. The molecule has 0 unspecified atom stereocenters. The minimum absolute atomic E-state index is 0.0139. The number of rotatable bonds is 6. The second-order valence-corrected chi connectivity index (χ2v) is 6.77. The van der Waals surface area contributed by atoms with Gasteiger partial charge in [0.25, 0.3) is 0 Å². The van der Waals surface area contributed by atoms with Crippen molar-refractivity contribution in [3.05, 3.63) is 28.7 Å². The number of benzene rings is 1. The van der Waals surface area contributed by atoms with Crippen molar-refractivity contribution in [3.8, 4) is 0 Å². The lowest BCUT2D eigenvalue weighted by Gasteiger charge is -2.31. The number of carbonyl (C=O) groups is 2. The van der Waals surface area contributed by atoms with Gasteiger partial charge < -0.3 is 15.5 Å². The number of likely N-dealkylation sites (tertiary alicyclic amines) is 1. The van der Waals surface area contributed by atoms with Crippen molar-refractivity contribution in [2.45, 2.75) is 25.7 Å². The second-order valence-electron chi connectivity index (χ2n) is 5.86. The van der Waals surface area contributed by atoms with E-state index in [2.05, 4.69) is 26.6 Å². The number of hydrogen-bond acceptors (Lipinski definition) is 3. The quantitative estimate of drug-likeness (QED) is 0.744. The van der Waals surface area contributed by atoms with Gasteiger partial charge >= 0.3 is 0 Å². The van der Waals surface area contributed by atoms with Crippen LogP contribution in [0, 0.1) is 5.92 Å². The lowest BCUT2D eigenvalue weighted by molar-refractivity contribution is -0.134. The zero-order chi connectivity index (χ0) is 16.7. The zero-order valence-electron chi connectivity index (χ0n) is 13.5. The summed E-state index contributed by atoms with van der Waals surface area (Å²) in [7, 11) is 1.89. The van der Waals surface area contributed by atoms with Crippen LogP contribution in [0.5, 0.6) is 0 Å². The Hall–Kier alpha value is -1.40. The first-order chi connectivity index (χ1) is 11.1. The molecule has 1 heterocycles. The van der Waals surface area contributed by atoms with E-state index in [0.717, 1.165) is 36.0 Å². The van der Waals surface area contributed by atoms with E-state index in [9.17, 15) is 9.59 Å². The van der Waals surface area contributed by atoms with Gasteiger partial charge in [0.1, 0.15) is 0 Å². The summed E-state index contributed by atoms with van der Waals surface area (Å²) in [5.74, 6) is 0.238. The Kier molecular flexibility index (Phi) is 7.05. The Labute approximate surface area is 145 Å². The molecule has 126 valence electrons. The molecule has 0 aliphatic carbocycles. The van der Waals surface area contributed by atoms with Crippen LogP contribution >= 0.6 is 15.9 Å². The van der Waals surface area contributed by atoms with E-state index in [1.54, 1.807) is 0 Å². The van der Waals surface area contributed by atoms with E-state index in [-0.39, 0.29) is 17.7 Å². The van der Waals surface area contributed by atoms with Crippen LogP contribution in [0.4, 0.5) is 5.69 Å². The predicted octanol–water partition coefficient (Wildman–Crippen LogP) is 2.63. The molecule has 0 atom stereocenters. The zero-order valence-corrected chi connectivity index (χ0v) is 15.1. The molecule has 0 radical (unpaired) electrons. The van der Waals surface area contributed by atoms with Gasteiger partial charge in [-0.25, -0.2) is 0 Å². The maximum absolute atomic E-state index is 12.3. The molecule has 1 aromatic rings. The van der Waals surface area contributed by atoms with Gasteiger partial charge in [0.15, 0.2) is 0 Å². The molecular formula is C17H24BrN3O2. The number of carbonyl (C=O) groups excluding carboxylic acids is 2. The number of nitrogens with zero attached hydrogens (tertiary/aromatic N) is 1. The number of hydrogen-bond donors (Lipinski definition) is 2. The summed E-state index contributed by atoms with van der Waals surface area (Å²) in [6, 6.07) is 7.56. The Morgan fingerprint density at radius 1 is 1.22 bits per heavy atom. The fourth-order valence-electron chi connectivity index (χ4n) is 2.74. The molecule has 0 spiro atoms. The maximum atomic E-state index is 12.3. The molecule has 0 saturated carbocycles. The van der Waals surface area contributed by atoms with Gasteiger partial charge in [-0.2, -0.15) is 0 Å². The predicted molar refractivity (Wildman–Crippen MR) is 95.2 cm³/mol. The molecule has 0 bridgehead atoms. The molecule has 6 heteroatoms. The smallest absolute Gasteiger partial charge is 0.227 e. The molecule has 1 fully saturated rings. The largest absolute Gasteiger partial charge is 0.343 e. The van der Waals surface area contributed by atoms with Crippen LogP contribution in [-0.2, 0) is 9.59 Å². The Morgan fingerprint density at radius 2 is 1.87 bits per heavy atom. The third-order valence-electron chi connectivity index (χ3n) is 4.15. The van der Waals surface area contributed by atoms with E-state index in [1.807, 2.05) is 36.2 Å². The topological polar surface area (TPSA) is 61.4 Å². The van der Waals surface area contributed by atoms with Crippen molar-refractivity contribution < 1.29 is 9.59 Å². The Balaban J connectivity index is 1.76. The molecule has 1 saturated heterocycles. The molecule has 1 aliphatic heterocycles. The third kappa shape index (κ3) is 5.62. The van der Waals surface area contributed by atoms with Gasteiger partial charge in [0.05, 0.1) is 0 Å². The van der Waals surface area contributed by atoms with Crippen LogP contribution in [0.3, 0.4) is 0 Å². The molecular weight excluding hydrogens is 358 g/mol. The summed E-state index contributed by atoms with van der Waals surface area (Å²) in [6.45, 7) is 2.21. The normalized spacial score (nSPS) is 15.5. The highest BCUT2D eigenvalue weighted by atomic mass is 79.9. The molecule has 5 nitrogen and oxygen atoms in total. The van der Waals surface area contributed by atoms with E-state index >= 15 is 0 Å².